The molecule has 7 nitrogen and oxygen atoms in total. The van der Waals surface area contributed by atoms with E-state index in [4.69, 9.17) is 21.6 Å². The summed E-state index contributed by atoms with van der Waals surface area (Å²) in [7, 11) is 1.57. The first-order chi connectivity index (χ1) is 11.6. The van der Waals surface area contributed by atoms with Crippen molar-refractivity contribution >= 4 is 23.4 Å². The van der Waals surface area contributed by atoms with Gasteiger partial charge in [0.15, 0.2) is 5.82 Å². The summed E-state index contributed by atoms with van der Waals surface area (Å²) in [4.78, 5) is 12.2. The Kier molecular flexibility index (Phi) is 6.61. The molecule has 2 rings (SSSR count). The van der Waals surface area contributed by atoms with Gasteiger partial charge >= 0.3 is 6.03 Å². The lowest BCUT2D eigenvalue weighted by molar-refractivity contribution is 0.168. The van der Waals surface area contributed by atoms with Crippen LogP contribution in [0.5, 0.6) is 0 Å². The lowest BCUT2D eigenvalue weighted by atomic mass is 10.1. The van der Waals surface area contributed by atoms with Crippen LogP contribution < -0.4 is 10.6 Å². The Balaban J connectivity index is 1.96. The SMILES string of the molecule is COCC(NC(=O)Nc1ccn(CCC#N)n1)c1ccc(Cl)cc1. The van der Waals surface area contributed by atoms with Gasteiger partial charge in [0.1, 0.15) is 0 Å². The first-order valence-electron chi connectivity index (χ1n) is 7.34. The number of nitriles is 1. The number of aryl methyl sites for hydroxylation is 1. The number of carbonyl (C=O) groups is 1. The zero-order chi connectivity index (χ0) is 17.4. The molecule has 0 aliphatic heterocycles. The zero-order valence-electron chi connectivity index (χ0n) is 13.2. The minimum atomic E-state index is -0.391. The van der Waals surface area contributed by atoms with Crippen LogP contribution in [0.4, 0.5) is 10.6 Å². The van der Waals surface area contributed by atoms with Gasteiger partial charge < -0.3 is 10.1 Å². The van der Waals surface area contributed by atoms with E-state index in [0.717, 1.165) is 5.56 Å². The van der Waals surface area contributed by atoms with Gasteiger partial charge in [0, 0.05) is 24.4 Å². The number of benzene rings is 1. The third-order valence-corrected chi connectivity index (χ3v) is 3.50. The number of halogens is 1. The Hall–Kier alpha value is -2.56. The molecule has 0 saturated heterocycles. The normalized spacial score (nSPS) is 11.5. The number of urea groups is 1. The van der Waals surface area contributed by atoms with Crippen LogP contribution in [0.3, 0.4) is 0 Å². The van der Waals surface area contributed by atoms with Crippen LogP contribution in [0.1, 0.15) is 18.0 Å². The van der Waals surface area contributed by atoms with Gasteiger partial charge in [-0.15, -0.1) is 0 Å². The summed E-state index contributed by atoms with van der Waals surface area (Å²) in [5, 5.41) is 18.9. The number of hydrogen-bond donors (Lipinski definition) is 2. The molecule has 0 aliphatic rings. The van der Waals surface area contributed by atoms with Gasteiger partial charge in [-0.2, -0.15) is 10.4 Å². The maximum atomic E-state index is 12.2. The van der Waals surface area contributed by atoms with Crippen LogP contribution in [-0.2, 0) is 11.3 Å². The van der Waals surface area contributed by atoms with Crippen molar-refractivity contribution in [2.24, 2.45) is 0 Å². The smallest absolute Gasteiger partial charge is 0.321 e. The Labute approximate surface area is 145 Å². The lowest BCUT2D eigenvalue weighted by Crippen LogP contribution is -2.34. The van der Waals surface area contributed by atoms with Crippen molar-refractivity contribution in [3.8, 4) is 6.07 Å². The summed E-state index contributed by atoms with van der Waals surface area (Å²) in [6.07, 6.45) is 2.07. The summed E-state index contributed by atoms with van der Waals surface area (Å²) in [6.45, 7) is 0.808. The van der Waals surface area contributed by atoms with Gasteiger partial charge in [-0.3, -0.25) is 10.00 Å². The molecule has 24 heavy (non-hydrogen) atoms. The van der Waals surface area contributed by atoms with Crippen molar-refractivity contribution in [3.63, 3.8) is 0 Å². The summed E-state index contributed by atoms with van der Waals surface area (Å²) in [5.74, 6) is 0.415. The lowest BCUT2D eigenvalue weighted by Gasteiger charge is -2.18. The summed E-state index contributed by atoms with van der Waals surface area (Å²) in [5.41, 5.74) is 0.885. The van der Waals surface area contributed by atoms with Crippen LogP contribution in [0.15, 0.2) is 36.5 Å². The van der Waals surface area contributed by atoms with Gasteiger partial charge in [-0.05, 0) is 17.7 Å². The van der Waals surface area contributed by atoms with Crippen LogP contribution in [0.25, 0.3) is 0 Å². The molecule has 1 aromatic carbocycles. The van der Waals surface area contributed by atoms with Gasteiger partial charge in [-0.1, -0.05) is 23.7 Å². The van der Waals surface area contributed by atoms with E-state index in [1.54, 1.807) is 36.2 Å². The molecule has 0 aliphatic carbocycles. The van der Waals surface area contributed by atoms with E-state index in [9.17, 15) is 4.79 Å². The van der Waals surface area contributed by atoms with E-state index < -0.39 is 6.03 Å². The highest BCUT2D eigenvalue weighted by atomic mass is 35.5. The van der Waals surface area contributed by atoms with Crippen molar-refractivity contribution < 1.29 is 9.53 Å². The molecule has 2 aromatic rings. The molecule has 1 aromatic heterocycles. The molecule has 0 bridgehead atoms. The Morgan fingerprint density at radius 1 is 1.42 bits per heavy atom. The van der Waals surface area contributed by atoms with Crippen LogP contribution >= 0.6 is 11.6 Å². The second-order valence-electron chi connectivity index (χ2n) is 5.03. The van der Waals surface area contributed by atoms with Crippen molar-refractivity contribution in [2.75, 3.05) is 19.0 Å². The molecule has 2 amide bonds. The number of amides is 2. The molecule has 8 heteroatoms. The number of hydrogen-bond acceptors (Lipinski definition) is 4. The third kappa shape index (κ3) is 5.26. The fraction of sp³-hybridized carbons (Fsp3) is 0.312. The standard InChI is InChI=1S/C16H18ClN5O2/c1-24-11-14(12-3-5-13(17)6-4-12)19-16(23)20-15-7-10-22(21-15)9-2-8-18/h3-7,10,14H,2,9,11H2,1H3,(H2,19,20,21,23). The first kappa shape index (κ1) is 17.8. The Morgan fingerprint density at radius 3 is 2.83 bits per heavy atom. The molecular formula is C16H18ClN5O2. The van der Waals surface area contributed by atoms with Crippen molar-refractivity contribution in [1.82, 2.24) is 15.1 Å². The molecule has 126 valence electrons. The van der Waals surface area contributed by atoms with E-state index in [-0.39, 0.29) is 6.04 Å². The maximum absolute atomic E-state index is 12.2. The number of methoxy groups -OCH3 is 1. The molecule has 1 heterocycles. The number of nitrogens with one attached hydrogen (secondary N) is 2. The minimum absolute atomic E-state index is 0.312. The van der Waals surface area contributed by atoms with Crippen LogP contribution in [0, 0.1) is 11.3 Å². The zero-order valence-corrected chi connectivity index (χ0v) is 14.0. The second-order valence-corrected chi connectivity index (χ2v) is 5.47. The largest absolute Gasteiger partial charge is 0.382 e. The molecule has 2 N–H and O–H groups in total. The van der Waals surface area contributed by atoms with Crippen molar-refractivity contribution in [2.45, 2.75) is 19.0 Å². The van der Waals surface area contributed by atoms with Crippen LogP contribution in [0.2, 0.25) is 5.02 Å². The fourth-order valence-corrected chi connectivity index (χ4v) is 2.24. The number of rotatable bonds is 7. The highest BCUT2D eigenvalue weighted by molar-refractivity contribution is 6.30. The second kappa shape index (κ2) is 8.91. The molecule has 0 fully saturated rings. The van der Waals surface area contributed by atoms with E-state index in [1.807, 2.05) is 18.2 Å². The topological polar surface area (TPSA) is 92.0 Å². The fourth-order valence-electron chi connectivity index (χ4n) is 2.11. The average Bonchev–Trinajstić information content (AvgIpc) is 3.00. The number of anilines is 1. The molecule has 0 spiro atoms. The predicted molar refractivity (Wildman–Crippen MR) is 90.7 cm³/mol. The molecule has 1 atom stereocenters. The Morgan fingerprint density at radius 2 is 2.17 bits per heavy atom. The molecule has 1 unspecified atom stereocenters. The first-order valence-corrected chi connectivity index (χ1v) is 7.72. The number of aromatic nitrogens is 2. The van der Waals surface area contributed by atoms with Crippen molar-refractivity contribution in [3.05, 3.63) is 47.1 Å². The molecular weight excluding hydrogens is 330 g/mol. The highest BCUT2D eigenvalue weighted by Gasteiger charge is 2.15. The van der Waals surface area contributed by atoms with Crippen LogP contribution in [-0.4, -0.2) is 29.5 Å². The van der Waals surface area contributed by atoms with E-state index >= 15 is 0 Å². The third-order valence-electron chi connectivity index (χ3n) is 3.25. The molecule has 0 saturated carbocycles. The number of nitrogens with zero attached hydrogens (tertiary/aromatic N) is 3. The van der Waals surface area contributed by atoms with Gasteiger partial charge in [-0.25, -0.2) is 4.79 Å². The van der Waals surface area contributed by atoms with E-state index in [1.165, 1.54) is 0 Å². The van der Waals surface area contributed by atoms with Gasteiger partial charge in [0.25, 0.3) is 0 Å². The van der Waals surface area contributed by atoms with E-state index in [0.29, 0.717) is 30.4 Å². The highest BCUT2D eigenvalue weighted by Crippen LogP contribution is 2.17. The quantitative estimate of drug-likeness (QED) is 0.805. The monoisotopic (exact) mass is 347 g/mol. The summed E-state index contributed by atoms with van der Waals surface area (Å²) >= 11 is 5.88. The van der Waals surface area contributed by atoms with Gasteiger partial charge in [0.05, 0.1) is 31.7 Å². The average molecular weight is 348 g/mol. The summed E-state index contributed by atoms with van der Waals surface area (Å²) < 4.78 is 6.76. The van der Waals surface area contributed by atoms with Crippen molar-refractivity contribution in [1.29, 1.82) is 5.26 Å². The maximum Gasteiger partial charge on any atom is 0.321 e. The Bertz CT molecular complexity index is 708. The number of carbonyl (C=O) groups excluding carboxylic acids is 1. The summed E-state index contributed by atoms with van der Waals surface area (Å²) in [6, 6.07) is 10.2. The minimum Gasteiger partial charge on any atom is -0.382 e. The number of ether oxygens (including phenoxy) is 1. The molecule has 0 radical (unpaired) electrons. The predicted octanol–water partition coefficient (Wildman–Crippen LogP) is 2.96. The van der Waals surface area contributed by atoms with E-state index in [2.05, 4.69) is 15.7 Å². The van der Waals surface area contributed by atoms with Gasteiger partial charge in [0.2, 0.25) is 0 Å².